The van der Waals surface area contributed by atoms with Crippen LogP contribution in [0.2, 0.25) is 0 Å². The zero-order chi connectivity index (χ0) is 23.4. The molecule has 33 heavy (non-hydrogen) atoms. The van der Waals surface area contributed by atoms with E-state index < -0.39 is 0 Å². The highest BCUT2D eigenvalue weighted by Crippen LogP contribution is 2.27. The molecule has 6 heteroatoms. The summed E-state index contributed by atoms with van der Waals surface area (Å²) in [6, 6.07) is 12.1. The molecule has 1 amide bonds. The van der Waals surface area contributed by atoms with E-state index in [4.69, 9.17) is 9.72 Å². The van der Waals surface area contributed by atoms with Crippen molar-refractivity contribution in [3.05, 3.63) is 53.3 Å². The molecule has 1 saturated heterocycles. The van der Waals surface area contributed by atoms with Gasteiger partial charge in [0.2, 0.25) is 0 Å². The van der Waals surface area contributed by atoms with Crippen LogP contribution in [-0.2, 0) is 18.4 Å². The molecular weight excluding hydrogens is 412 g/mol. The molecule has 176 valence electrons. The Labute approximate surface area is 196 Å². The number of hydrogen-bond donors (Lipinski definition) is 1. The summed E-state index contributed by atoms with van der Waals surface area (Å²) in [7, 11) is 2.07. The quantitative estimate of drug-likeness (QED) is 0.526. The van der Waals surface area contributed by atoms with Crippen LogP contribution in [0.5, 0.6) is 5.75 Å². The molecule has 0 atom stereocenters. The zero-order valence-electron chi connectivity index (χ0n) is 20.4. The van der Waals surface area contributed by atoms with Crippen molar-refractivity contribution in [2.45, 2.75) is 58.9 Å². The van der Waals surface area contributed by atoms with E-state index in [9.17, 15) is 4.79 Å². The van der Waals surface area contributed by atoms with Crippen LogP contribution in [0.4, 0.5) is 5.69 Å². The smallest absolute Gasteiger partial charge is 0.262 e. The standard InChI is InChI=1S/C27H36N4O2/c1-19(2)22-11-9-20(3)15-25(22)33-18-27(32)28-21-10-12-24-23(16-21)29-26(30(24)4)17-31-13-7-5-6-8-14-31/h9-12,15-16,19H,5-8,13-14,17-18H2,1-4H3,(H,28,32). The van der Waals surface area contributed by atoms with Gasteiger partial charge in [0.05, 0.1) is 17.6 Å². The van der Waals surface area contributed by atoms with Gasteiger partial charge in [0.1, 0.15) is 11.6 Å². The Morgan fingerprint density at radius 2 is 1.85 bits per heavy atom. The second-order valence-corrected chi connectivity index (χ2v) is 9.51. The summed E-state index contributed by atoms with van der Waals surface area (Å²) in [5, 5.41) is 2.96. The number of likely N-dealkylation sites (tertiary alicyclic amines) is 1. The monoisotopic (exact) mass is 448 g/mol. The largest absolute Gasteiger partial charge is 0.483 e. The first-order valence-corrected chi connectivity index (χ1v) is 12.1. The number of ether oxygens (including phenoxy) is 1. The van der Waals surface area contributed by atoms with Crippen molar-refractivity contribution in [2.75, 3.05) is 25.0 Å². The number of amides is 1. The lowest BCUT2D eigenvalue weighted by molar-refractivity contribution is -0.118. The van der Waals surface area contributed by atoms with Gasteiger partial charge >= 0.3 is 0 Å². The highest BCUT2D eigenvalue weighted by molar-refractivity contribution is 5.94. The molecule has 0 aliphatic carbocycles. The minimum absolute atomic E-state index is 0.0242. The molecule has 0 unspecified atom stereocenters. The molecular formula is C27H36N4O2. The van der Waals surface area contributed by atoms with Crippen LogP contribution in [0, 0.1) is 6.92 Å². The van der Waals surface area contributed by atoms with Crippen LogP contribution in [0.15, 0.2) is 36.4 Å². The number of carbonyl (C=O) groups excluding carboxylic acids is 1. The molecule has 1 fully saturated rings. The third-order valence-electron chi connectivity index (χ3n) is 6.47. The van der Waals surface area contributed by atoms with E-state index in [-0.39, 0.29) is 12.5 Å². The lowest BCUT2D eigenvalue weighted by Crippen LogP contribution is -2.25. The fourth-order valence-corrected chi connectivity index (χ4v) is 4.55. The fourth-order valence-electron chi connectivity index (χ4n) is 4.55. The van der Waals surface area contributed by atoms with Crippen LogP contribution >= 0.6 is 0 Å². The van der Waals surface area contributed by atoms with Gasteiger partial charge in [0.15, 0.2) is 6.61 Å². The van der Waals surface area contributed by atoms with Gasteiger partial charge in [-0.05, 0) is 74.2 Å². The minimum atomic E-state index is -0.175. The number of anilines is 1. The normalized spacial score (nSPS) is 15.1. The molecule has 3 aromatic rings. The molecule has 1 N–H and O–H groups in total. The van der Waals surface area contributed by atoms with E-state index in [0.29, 0.717) is 5.92 Å². The molecule has 0 saturated carbocycles. The summed E-state index contributed by atoms with van der Waals surface area (Å²) in [5.41, 5.74) is 4.95. The number of aryl methyl sites for hydroxylation is 2. The lowest BCUT2D eigenvalue weighted by Gasteiger charge is -2.19. The van der Waals surface area contributed by atoms with Crippen LogP contribution in [-0.4, -0.2) is 40.1 Å². The molecule has 4 rings (SSSR count). The molecule has 0 spiro atoms. The molecule has 2 heterocycles. The maximum absolute atomic E-state index is 12.6. The first-order valence-electron chi connectivity index (χ1n) is 12.1. The number of aromatic nitrogens is 2. The summed E-state index contributed by atoms with van der Waals surface area (Å²) in [4.78, 5) is 20.0. The van der Waals surface area contributed by atoms with Crippen molar-refractivity contribution in [1.82, 2.24) is 14.5 Å². The summed E-state index contributed by atoms with van der Waals surface area (Å²) in [6.45, 7) is 9.41. The Morgan fingerprint density at radius 3 is 2.58 bits per heavy atom. The Morgan fingerprint density at radius 1 is 1.09 bits per heavy atom. The molecule has 2 aromatic carbocycles. The molecule has 1 aliphatic rings. The van der Waals surface area contributed by atoms with E-state index in [0.717, 1.165) is 59.1 Å². The van der Waals surface area contributed by atoms with Gasteiger partial charge in [-0.3, -0.25) is 9.69 Å². The van der Waals surface area contributed by atoms with Crippen LogP contribution in [0.25, 0.3) is 11.0 Å². The van der Waals surface area contributed by atoms with Crippen LogP contribution in [0.1, 0.15) is 62.4 Å². The number of imidazole rings is 1. The second kappa shape index (κ2) is 10.4. The molecule has 1 aromatic heterocycles. The van der Waals surface area contributed by atoms with Gasteiger partial charge in [0, 0.05) is 12.7 Å². The van der Waals surface area contributed by atoms with E-state index >= 15 is 0 Å². The van der Waals surface area contributed by atoms with Crippen molar-refractivity contribution in [1.29, 1.82) is 0 Å². The van der Waals surface area contributed by atoms with Gasteiger partial charge in [0.25, 0.3) is 5.91 Å². The Bertz CT molecular complexity index is 1110. The Hall–Kier alpha value is -2.86. The van der Waals surface area contributed by atoms with Crippen LogP contribution in [0.3, 0.4) is 0 Å². The average molecular weight is 449 g/mol. The first kappa shape index (κ1) is 23.3. The fraction of sp³-hybridized carbons (Fsp3) is 0.481. The van der Waals surface area contributed by atoms with E-state index in [2.05, 4.69) is 47.8 Å². The Kier molecular flexibility index (Phi) is 7.33. The predicted octanol–water partition coefficient (Wildman–Crippen LogP) is 5.40. The maximum atomic E-state index is 12.6. The summed E-state index contributed by atoms with van der Waals surface area (Å²) < 4.78 is 8.05. The maximum Gasteiger partial charge on any atom is 0.262 e. The SMILES string of the molecule is Cc1ccc(C(C)C)c(OCC(=O)Nc2ccc3c(c2)nc(CN2CCCCCC2)n3C)c1. The third-order valence-corrected chi connectivity index (χ3v) is 6.47. The zero-order valence-corrected chi connectivity index (χ0v) is 20.4. The van der Waals surface area contributed by atoms with Gasteiger partial charge in [-0.2, -0.15) is 0 Å². The van der Waals surface area contributed by atoms with Crippen molar-refractivity contribution >= 4 is 22.6 Å². The second-order valence-electron chi connectivity index (χ2n) is 9.51. The van der Waals surface area contributed by atoms with Gasteiger partial charge < -0.3 is 14.6 Å². The molecule has 6 nitrogen and oxygen atoms in total. The number of fused-ring (bicyclic) bond motifs is 1. The molecule has 0 radical (unpaired) electrons. The first-order chi connectivity index (χ1) is 15.9. The highest BCUT2D eigenvalue weighted by Gasteiger charge is 2.15. The molecule has 0 bridgehead atoms. The summed E-state index contributed by atoms with van der Waals surface area (Å²) >= 11 is 0. The number of rotatable bonds is 7. The number of carbonyl (C=O) groups is 1. The van der Waals surface area contributed by atoms with Gasteiger partial charge in [-0.1, -0.05) is 38.8 Å². The van der Waals surface area contributed by atoms with E-state index in [1.54, 1.807) is 0 Å². The Balaban J connectivity index is 1.41. The topological polar surface area (TPSA) is 59.4 Å². The van der Waals surface area contributed by atoms with Crippen molar-refractivity contribution in [2.24, 2.45) is 7.05 Å². The van der Waals surface area contributed by atoms with E-state index in [1.165, 1.54) is 25.7 Å². The summed E-state index contributed by atoms with van der Waals surface area (Å²) in [5.74, 6) is 2.00. The number of benzene rings is 2. The van der Waals surface area contributed by atoms with E-state index in [1.807, 2.05) is 31.2 Å². The van der Waals surface area contributed by atoms with Gasteiger partial charge in [-0.15, -0.1) is 0 Å². The van der Waals surface area contributed by atoms with Gasteiger partial charge in [-0.25, -0.2) is 4.98 Å². The predicted molar refractivity (Wildman–Crippen MR) is 134 cm³/mol. The lowest BCUT2D eigenvalue weighted by atomic mass is 10.0. The number of nitrogens with one attached hydrogen (secondary N) is 1. The molecule has 1 aliphatic heterocycles. The highest BCUT2D eigenvalue weighted by atomic mass is 16.5. The van der Waals surface area contributed by atoms with Crippen molar-refractivity contribution < 1.29 is 9.53 Å². The van der Waals surface area contributed by atoms with Crippen molar-refractivity contribution in [3.8, 4) is 5.75 Å². The third kappa shape index (κ3) is 5.74. The van der Waals surface area contributed by atoms with Crippen molar-refractivity contribution in [3.63, 3.8) is 0 Å². The van der Waals surface area contributed by atoms with Crippen LogP contribution < -0.4 is 10.1 Å². The number of nitrogens with zero attached hydrogens (tertiary/aromatic N) is 3. The number of hydrogen-bond acceptors (Lipinski definition) is 4. The average Bonchev–Trinajstić information content (AvgIpc) is 2.93. The summed E-state index contributed by atoms with van der Waals surface area (Å²) in [6.07, 6.45) is 5.19. The minimum Gasteiger partial charge on any atom is -0.483 e.